The van der Waals surface area contributed by atoms with E-state index >= 15 is 0 Å². The average molecular weight is 697 g/mol. The van der Waals surface area contributed by atoms with Gasteiger partial charge in [-0.1, -0.05) is 72.8 Å². The summed E-state index contributed by atoms with van der Waals surface area (Å²) in [6.45, 7) is 0. The second-order valence-corrected chi connectivity index (χ2v) is 16.1. The van der Waals surface area contributed by atoms with Gasteiger partial charge in [0.1, 0.15) is 22.3 Å². The van der Waals surface area contributed by atoms with Crippen molar-refractivity contribution in [2.75, 3.05) is 0 Å². The highest BCUT2D eigenvalue weighted by molar-refractivity contribution is 7.26. The molecule has 12 aromatic rings. The highest BCUT2D eigenvalue weighted by atomic mass is 32.1. The molecule has 4 aromatic heterocycles. The van der Waals surface area contributed by atoms with E-state index in [9.17, 15) is 0 Å². The van der Waals surface area contributed by atoms with E-state index in [1.54, 1.807) is 0 Å². The van der Waals surface area contributed by atoms with Gasteiger partial charge < -0.3 is 8.83 Å². The first-order valence-corrected chi connectivity index (χ1v) is 19.2. The smallest absolute Gasteiger partial charge is 0.136 e. The highest BCUT2D eigenvalue weighted by Gasteiger charge is 2.27. The minimum atomic E-state index is 0.902. The molecule has 0 bridgehead atoms. The number of fused-ring (bicyclic) bond motifs is 20. The fraction of sp³-hybridized carbons (Fsp3) is 0. The molecule has 0 amide bonds. The van der Waals surface area contributed by atoms with Gasteiger partial charge in [0.2, 0.25) is 0 Å². The number of rotatable bonds is 0. The summed E-state index contributed by atoms with van der Waals surface area (Å²) in [6, 6.07) is 53.6. The molecule has 4 heterocycles. The molecule has 0 spiro atoms. The summed E-state index contributed by atoms with van der Waals surface area (Å²) in [5.74, 6) is 0. The summed E-state index contributed by atoms with van der Waals surface area (Å²) in [7, 11) is 0. The first kappa shape index (κ1) is 27.5. The van der Waals surface area contributed by atoms with Crippen molar-refractivity contribution in [3.8, 4) is 44.5 Å². The molecule has 1 aliphatic carbocycles. The predicted octanol–water partition coefficient (Wildman–Crippen LogP) is 15.2. The van der Waals surface area contributed by atoms with Gasteiger partial charge in [-0.3, -0.25) is 0 Å². The number of para-hydroxylation sites is 2. The van der Waals surface area contributed by atoms with Crippen LogP contribution in [0.3, 0.4) is 0 Å². The van der Waals surface area contributed by atoms with Crippen LogP contribution in [0, 0.1) is 0 Å². The van der Waals surface area contributed by atoms with Crippen molar-refractivity contribution < 1.29 is 8.83 Å². The molecule has 2 nitrogen and oxygen atoms in total. The highest BCUT2D eigenvalue weighted by Crippen LogP contribution is 2.54. The number of thiophene rings is 2. The molecule has 0 fully saturated rings. The van der Waals surface area contributed by atoms with E-state index < -0.39 is 0 Å². The van der Waals surface area contributed by atoms with Crippen LogP contribution in [-0.2, 0) is 0 Å². The van der Waals surface area contributed by atoms with Crippen LogP contribution in [0.5, 0.6) is 0 Å². The van der Waals surface area contributed by atoms with Crippen LogP contribution in [0.4, 0.5) is 0 Å². The standard InChI is InChI=1S/C48H24O2S2/c1-5-13-41-25(9-1)37-17-29-30-18-38-26-10-2-6-14-42(26)50-44(38)22-34(30)36-24-48-40(28-12-4-8-16-46(28)52-48)20-32(36)31-19-39-27-11-3-7-15-45(27)51-47(39)23-35(31)33(29)21-43(37)49-41/h1-24H. The van der Waals surface area contributed by atoms with Crippen LogP contribution in [0.1, 0.15) is 0 Å². The molecule has 8 aromatic carbocycles. The van der Waals surface area contributed by atoms with Crippen LogP contribution in [0.2, 0.25) is 0 Å². The molecular weight excluding hydrogens is 673 g/mol. The molecule has 52 heavy (non-hydrogen) atoms. The van der Waals surface area contributed by atoms with Gasteiger partial charge in [-0.15, -0.1) is 22.7 Å². The number of hydrogen-bond acceptors (Lipinski definition) is 4. The van der Waals surface area contributed by atoms with Gasteiger partial charge in [0, 0.05) is 61.9 Å². The normalized spacial score (nSPS) is 12.6. The Hall–Kier alpha value is -6.20. The first-order valence-electron chi connectivity index (χ1n) is 17.6. The summed E-state index contributed by atoms with van der Waals surface area (Å²) < 4.78 is 18.4. The Morgan fingerprint density at radius 3 is 1.06 bits per heavy atom. The summed E-state index contributed by atoms with van der Waals surface area (Å²) in [5.41, 5.74) is 13.3. The zero-order chi connectivity index (χ0) is 33.7. The molecule has 0 unspecified atom stereocenters. The molecule has 4 heteroatoms. The first-order chi connectivity index (χ1) is 25.7. The van der Waals surface area contributed by atoms with Crippen LogP contribution in [0.15, 0.2) is 154 Å². The van der Waals surface area contributed by atoms with Gasteiger partial charge in [0.15, 0.2) is 0 Å². The van der Waals surface area contributed by atoms with Crippen LogP contribution < -0.4 is 0 Å². The van der Waals surface area contributed by atoms with Gasteiger partial charge in [0.05, 0.1) is 0 Å². The molecule has 0 saturated heterocycles. The van der Waals surface area contributed by atoms with Gasteiger partial charge in [-0.25, -0.2) is 0 Å². The minimum absolute atomic E-state index is 0.902. The summed E-state index contributed by atoms with van der Waals surface area (Å²) in [4.78, 5) is 0. The Labute approximate surface area is 304 Å². The van der Waals surface area contributed by atoms with E-state index in [1.165, 1.54) is 84.9 Å². The second kappa shape index (κ2) is 9.77. The minimum Gasteiger partial charge on any atom is -0.456 e. The lowest BCUT2D eigenvalue weighted by atomic mass is 9.79. The third kappa shape index (κ3) is 3.58. The lowest BCUT2D eigenvalue weighted by Gasteiger charge is -2.24. The second-order valence-electron chi connectivity index (χ2n) is 14.0. The molecule has 0 saturated carbocycles. The summed E-state index contributed by atoms with van der Waals surface area (Å²) >= 11 is 3.74. The monoisotopic (exact) mass is 696 g/mol. The van der Waals surface area contributed by atoms with E-state index in [-0.39, 0.29) is 0 Å². The zero-order valence-corrected chi connectivity index (χ0v) is 29.1. The molecule has 1 aliphatic rings. The number of hydrogen-bond donors (Lipinski definition) is 0. The fourth-order valence-electron chi connectivity index (χ4n) is 8.87. The van der Waals surface area contributed by atoms with E-state index in [2.05, 4.69) is 146 Å². The van der Waals surface area contributed by atoms with Gasteiger partial charge >= 0.3 is 0 Å². The van der Waals surface area contributed by atoms with Crippen molar-refractivity contribution >= 4 is 107 Å². The maximum Gasteiger partial charge on any atom is 0.136 e. The largest absolute Gasteiger partial charge is 0.456 e. The number of furan rings is 2. The molecule has 0 N–H and O–H groups in total. The lowest BCUT2D eigenvalue weighted by Crippen LogP contribution is -1.97. The van der Waals surface area contributed by atoms with Crippen molar-refractivity contribution in [1.82, 2.24) is 0 Å². The van der Waals surface area contributed by atoms with Crippen molar-refractivity contribution in [2.24, 2.45) is 0 Å². The van der Waals surface area contributed by atoms with Gasteiger partial charge in [-0.05, 0) is 117 Å². The lowest BCUT2D eigenvalue weighted by molar-refractivity contribution is 0.668. The third-order valence-electron chi connectivity index (χ3n) is 11.2. The fourth-order valence-corrected chi connectivity index (χ4v) is 11.1. The van der Waals surface area contributed by atoms with Crippen LogP contribution in [-0.4, -0.2) is 0 Å². The Balaban J connectivity index is 1.27. The molecule has 0 atom stereocenters. The molecule has 0 aliphatic heterocycles. The van der Waals surface area contributed by atoms with Crippen molar-refractivity contribution in [1.29, 1.82) is 0 Å². The van der Waals surface area contributed by atoms with E-state index in [1.807, 2.05) is 22.7 Å². The Morgan fingerprint density at radius 2 is 0.596 bits per heavy atom. The van der Waals surface area contributed by atoms with Crippen LogP contribution >= 0.6 is 22.7 Å². The molecule has 240 valence electrons. The van der Waals surface area contributed by atoms with Gasteiger partial charge in [0.25, 0.3) is 0 Å². The van der Waals surface area contributed by atoms with Crippen molar-refractivity contribution in [2.45, 2.75) is 0 Å². The maximum atomic E-state index is 6.60. The van der Waals surface area contributed by atoms with E-state index in [0.29, 0.717) is 0 Å². The predicted molar refractivity (Wildman–Crippen MR) is 222 cm³/mol. The Kier molecular flexibility index (Phi) is 5.17. The van der Waals surface area contributed by atoms with Crippen molar-refractivity contribution in [3.05, 3.63) is 146 Å². The van der Waals surface area contributed by atoms with Crippen LogP contribution in [0.25, 0.3) is 129 Å². The molecular formula is C48H24O2S2. The molecule has 0 radical (unpaired) electrons. The summed E-state index contributed by atoms with van der Waals surface area (Å²) in [6.07, 6.45) is 0. The van der Waals surface area contributed by atoms with Gasteiger partial charge in [-0.2, -0.15) is 0 Å². The zero-order valence-electron chi connectivity index (χ0n) is 27.5. The maximum absolute atomic E-state index is 6.60. The molecule has 13 rings (SSSR count). The number of benzene rings is 8. The average Bonchev–Trinajstić information content (AvgIpc) is 3.94. The topological polar surface area (TPSA) is 26.3 Å². The quantitative estimate of drug-likeness (QED) is 0.158. The SMILES string of the molecule is c1ccc2c(c1)oc1cc3c(cc12)-c1cc2c(cc1-c1cc4sc5ccccc5c4cc1-c1cc4c(cc1-3)sc1ccccc14)oc1ccccc12. The van der Waals surface area contributed by atoms with Crippen molar-refractivity contribution in [3.63, 3.8) is 0 Å². The summed E-state index contributed by atoms with van der Waals surface area (Å²) in [5, 5.41) is 9.70. The third-order valence-corrected chi connectivity index (χ3v) is 13.5. The Morgan fingerprint density at radius 1 is 0.250 bits per heavy atom. The Bertz CT molecular complexity index is 3060. The van der Waals surface area contributed by atoms with E-state index in [4.69, 9.17) is 8.83 Å². The van der Waals surface area contributed by atoms with E-state index in [0.717, 1.165) is 43.9 Å².